The van der Waals surface area contributed by atoms with Crippen molar-refractivity contribution in [3.8, 4) is 0 Å². The fraction of sp³-hybridized carbons (Fsp3) is 0.778. The zero-order chi connectivity index (χ0) is 21.0. The van der Waals surface area contributed by atoms with Crippen LogP contribution in [-0.2, 0) is 14.6 Å². The lowest BCUT2D eigenvalue weighted by atomic mass is 9.89. The quantitative estimate of drug-likeness (QED) is 0.461. The van der Waals surface area contributed by atoms with E-state index in [1.165, 1.54) is 19.9 Å². The molecule has 0 saturated heterocycles. The second kappa shape index (κ2) is 8.59. The van der Waals surface area contributed by atoms with Crippen molar-refractivity contribution in [3.05, 3.63) is 11.6 Å². The highest BCUT2D eigenvalue weighted by Gasteiger charge is 2.35. The van der Waals surface area contributed by atoms with E-state index in [0.717, 1.165) is 6.92 Å². The molecule has 0 aliphatic carbocycles. The second-order valence-corrected chi connectivity index (χ2v) is 11.2. The van der Waals surface area contributed by atoms with Gasteiger partial charge in [0, 0.05) is 29.7 Å². The van der Waals surface area contributed by atoms with Crippen LogP contribution in [0.1, 0.15) is 61.3 Å². The lowest BCUT2D eigenvalue weighted by Gasteiger charge is -2.25. The van der Waals surface area contributed by atoms with Crippen LogP contribution in [0, 0.1) is 10.8 Å². The highest BCUT2D eigenvalue weighted by Crippen LogP contribution is 2.23. The first-order valence-corrected chi connectivity index (χ1v) is 10.2. The molecule has 0 aromatic rings. The molecule has 1 amide bonds. The van der Waals surface area contributed by atoms with Crippen molar-refractivity contribution in [3.63, 3.8) is 0 Å². The summed E-state index contributed by atoms with van der Waals surface area (Å²) in [5.41, 5.74) is 0.201. The molecule has 26 heavy (non-hydrogen) atoms. The molecule has 0 saturated carbocycles. The zero-order valence-electron chi connectivity index (χ0n) is 16.8. The molecule has 0 heterocycles. The molecule has 5 nitrogen and oxygen atoms in total. The number of halogens is 2. The number of sulfone groups is 1. The minimum absolute atomic E-state index is 0.134. The standard InChI is InChI=1S/C18H32F2N2O3S/c1-13(11-14(21)16(2,3)4)15(23)22-12-17(5,6)26(24,25)10-8-9-18(7,19)20/h11,21H,8-10,12H2,1-7H3,(H,22,23)/b13-11+,21-14?. The Morgan fingerprint density at radius 3 is 2.04 bits per heavy atom. The van der Waals surface area contributed by atoms with Crippen molar-refractivity contribution in [2.45, 2.75) is 72.0 Å². The van der Waals surface area contributed by atoms with Gasteiger partial charge >= 0.3 is 0 Å². The van der Waals surface area contributed by atoms with Gasteiger partial charge in [-0.2, -0.15) is 0 Å². The topological polar surface area (TPSA) is 87.1 Å². The summed E-state index contributed by atoms with van der Waals surface area (Å²) in [6, 6.07) is 0. The Morgan fingerprint density at radius 2 is 1.62 bits per heavy atom. The van der Waals surface area contributed by atoms with E-state index in [2.05, 4.69) is 5.32 Å². The van der Waals surface area contributed by atoms with Crippen molar-refractivity contribution >= 4 is 21.5 Å². The van der Waals surface area contributed by atoms with Crippen LogP contribution in [-0.4, -0.2) is 43.0 Å². The lowest BCUT2D eigenvalue weighted by molar-refractivity contribution is -0.117. The minimum Gasteiger partial charge on any atom is -0.351 e. The van der Waals surface area contributed by atoms with Crippen LogP contribution in [0.15, 0.2) is 11.6 Å². The van der Waals surface area contributed by atoms with Crippen LogP contribution in [0.3, 0.4) is 0 Å². The fourth-order valence-corrected chi connectivity index (χ4v) is 3.26. The molecule has 0 rings (SSSR count). The third-order valence-electron chi connectivity index (χ3n) is 4.07. The van der Waals surface area contributed by atoms with E-state index in [1.54, 1.807) is 6.92 Å². The lowest BCUT2D eigenvalue weighted by Crippen LogP contribution is -2.45. The third-order valence-corrected chi connectivity index (χ3v) is 6.73. The summed E-state index contributed by atoms with van der Waals surface area (Å²) in [6.07, 6.45) is 0.830. The van der Waals surface area contributed by atoms with E-state index in [1.807, 2.05) is 20.8 Å². The number of carbonyl (C=O) groups excluding carboxylic acids is 1. The first kappa shape index (κ1) is 24.7. The summed E-state index contributed by atoms with van der Waals surface area (Å²) in [5.74, 6) is -3.71. The Balaban J connectivity index is 4.88. The largest absolute Gasteiger partial charge is 0.351 e. The van der Waals surface area contributed by atoms with Gasteiger partial charge in [0.05, 0.1) is 10.5 Å². The minimum atomic E-state index is -3.66. The summed E-state index contributed by atoms with van der Waals surface area (Å²) in [6.45, 7) is 10.7. The van der Waals surface area contributed by atoms with E-state index in [-0.39, 0.29) is 24.4 Å². The monoisotopic (exact) mass is 394 g/mol. The van der Waals surface area contributed by atoms with Crippen LogP contribution >= 0.6 is 0 Å². The molecule has 0 aliphatic rings. The first-order valence-electron chi connectivity index (χ1n) is 8.55. The molecule has 2 N–H and O–H groups in total. The maximum Gasteiger partial charge on any atom is 0.247 e. The summed E-state index contributed by atoms with van der Waals surface area (Å²) < 4.78 is 49.2. The predicted molar refractivity (Wildman–Crippen MR) is 102 cm³/mol. The van der Waals surface area contributed by atoms with Gasteiger partial charge in [0.25, 0.3) is 0 Å². The van der Waals surface area contributed by atoms with E-state index >= 15 is 0 Å². The number of rotatable bonds is 9. The van der Waals surface area contributed by atoms with Crippen LogP contribution in [0.25, 0.3) is 0 Å². The Hall–Kier alpha value is -1.31. The predicted octanol–water partition coefficient (Wildman–Crippen LogP) is 3.74. The summed E-state index contributed by atoms with van der Waals surface area (Å²) >= 11 is 0. The molecule has 0 aromatic heterocycles. The van der Waals surface area contributed by atoms with E-state index in [4.69, 9.17) is 5.41 Å². The smallest absolute Gasteiger partial charge is 0.247 e. The van der Waals surface area contributed by atoms with Gasteiger partial charge in [0.2, 0.25) is 11.8 Å². The van der Waals surface area contributed by atoms with Crippen LogP contribution in [0.4, 0.5) is 8.78 Å². The number of alkyl halides is 2. The molecule has 0 fully saturated rings. The van der Waals surface area contributed by atoms with Gasteiger partial charge in [-0.1, -0.05) is 20.8 Å². The van der Waals surface area contributed by atoms with Crippen molar-refractivity contribution in [1.82, 2.24) is 5.32 Å². The molecular formula is C18H32F2N2O3S. The summed E-state index contributed by atoms with van der Waals surface area (Å²) in [7, 11) is -3.66. The van der Waals surface area contributed by atoms with Gasteiger partial charge in [0.15, 0.2) is 9.84 Å². The number of hydrogen-bond donors (Lipinski definition) is 2. The summed E-state index contributed by atoms with van der Waals surface area (Å²) in [5, 5.41) is 10.5. The third kappa shape index (κ3) is 8.38. The van der Waals surface area contributed by atoms with E-state index in [0.29, 0.717) is 5.57 Å². The molecule has 0 spiro atoms. The Bertz CT molecular complexity index is 655. The fourth-order valence-electron chi connectivity index (χ4n) is 1.89. The Labute approximate surface area is 156 Å². The molecule has 8 heteroatoms. The van der Waals surface area contributed by atoms with Gasteiger partial charge in [-0.25, -0.2) is 17.2 Å². The second-order valence-electron chi connectivity index (χ2n) is 8.43. The van der Waals surface area contributed by atoms with E-state index < -0.39 is 38.2 Å². The molecule has 0 aliphatic heterocycles. The first-order chi connectivity index (χ1) is 11.4. The molecule has 0 radical (unpaired) electrons. The van der Waals surface area contributed by atoms with Crippen molar-refractivity contribution in [1.29, 1.82) is 5.41 Å². The molecule has 0 atom stereocenters. The zero-order valence-corrected chi connectivity index (χ0v) is 17.6. The van der Waals surface area contributed by atoms with Crippen molar-refractivity contribution in [2.75, 3.05) is 12.3 Å². The van der Waals surface area contributed by atoms with Crippen molar-refractivity contribution < 1.29 is 22.0 Å². The average Bonchev–Trinajstić information content (AvgIpc) is 2.41. The number of nitrogens with one attached hydrogen (secondary N) is 2. The van der Waals surface area contributed by atoms with Gasteiger partial charge in [-0.05, 0) is 40.2 Å². The molecular weight excluding hydrogens is 362 g/mol. The highest BCUT2D eigenvalue weighted by atomic mass is 32.2. The van der Waals surface area contributed by atoms with Crippen molar-refractivity contribution in [2.24, 2.45) is 5.41 Å². The normalized spacial score (nSPS) is 14.3. The van der Waals surface area contributed by atoms with Gasteiger partial charge < -0.3 is 10.7 Å². The highest BCUT2D eigenvalue weighted by molar-refractivity contribution is 7.92. The molecule has 152 valence electrons. The molecule has 0 unspecified atom stereocenters. The molecule has 0 bridgehead atoms. The number of allylic oxidation sites excluding steroid dienone is 1. The Morgan fingerprint density at radius 1 is 1.12 bits per heavy atom. The SMILES string of the molecule is C/C(=C\C(=N)C(C)(C)C)C(=O)NCC(C)(C)S(=O)(=O)CCCC(C)(F)F. The van der Waals surface area contributed by atoms with E-state index in [9.17, 15) is 22.0 Å². The maximum absolute atomic E-state index is 12.8. The summed E-state index contributed by atoms with van der Waals surface area (Å²) in [4.78, 5) is 12.2. The maximum atomic E-state index is 12.8. The van der Waals surface area contributed by atoms with Crippen LogP contribution < -0.4 is 5.32 Å². The Kier molecular flexibility index (Phi) is 8.15. The van der Waals surface area contributed by atoms with Crippen LogP contribution in [0.5, 0.6) is 0 Å². The number of amides is 1. The molecule has 0 aromatic carbocycles. The average molecular weight is 395 g/mol. The van der Waals surface area contributed by atoms with Gasteiger partial charge in [-0.15, -0.1) is 0 Å². The van der Waals surface area contributed by atoms with Gasteiger partial charge in [0.1, 0.15) is 0 Å². The van der Waals surface area contributed by atoms with Gasteiger partial charge in [-0.3, -0.25) is 4.79 Å². The van der Waals surface area contributed by atoms with Crippen LogP contribution in [0.2, 0.25) is 0 Å². The number of carbonyl (C=O) groups is 1. The number of hydrogen-bond acceptors (Lipinski definition) is 4.